The van der Waals surface area contributed by atoms with E-state index in [2.05, 4.69) is 4.18 Å². The lowest BCUT2D eigenvalue weighted by Crippen LogP contribution is -2.03. The van der Waals surface area contributed by atoms with Crippen LogP contribution >= 0.6 is 0 Å². The van der Waals surface area contributed by atoms with Crippen LogP contribution in [0.4, 0.5) is 0 Å². The third-order valence-corrected chi connectivity index (χ3v) is 1.84. The zero-order valence-electron chi connectivity index (χ0n) is 8.29. The molecule has 0 heterocycles. The topological polar surface area (TPSA) is 103 Å². The van der Waals surface area contributed by atoms with Gasteiger partial charge in [-0.3, -0.25) is 4.18 Å². The molecule has 0 saturated heterocycles. The summed E-state index contributed by atoms with van der Waals surface area (Å²) < 4.78 is 34.1. The van der Waals surface area contributed by atoms with Gasteiger partial charge < -0.3 is 10.7 Å². The van der Waals surface area contributed by atoms with Gasteiger partial charge in [0.05, 0.1) is 6.61 Å². The fraction of sp³-hybridized carbons (Fsp3) is 0.111. The number of hydrogen-bond acceptors (Lipinski definition) is 4. The minimum Gasteiger partial charge on any atom is -0.726 e. The summed E-state index contributed by atoms with van der Waals surface area (Å²) in [6, 6.07) is 9.27. The van der Waals surface area contributed by atoms with Gasteiger partial charge in [-0.15, -0.1) is 0 Å². The molecule has 0 fully saturated rings. The summed E-state index contributed by atoms with van der Waals surface area (Å²) in [5.41, 5.74) is 0.916. The lowest BCUT2D eigenvalue weighted by atomic mass is 10.2. The Morgan fingerprint density at radius 1 is 1.27 bits per heavy atom. The van der Waals surface area contributed by atoms with Crippen LogP contribution < -0.4 is 6.15 Å². The molecule has 1 aromatic carbocycles. The van der Waals surface area contributed by atoms with E-state index < -0.39 is 10.4 Å². The third-order valence-electron chi connectivity index (χ3n) is 1.42. The van der Waals surface area contributed by atoms with Gasteiger partial charge in [0.15, 0.2) is 0 Å². The number of quaternary nitrogens is 1. The van der Waals surface area contributed by atoms with Crippen molar-refractivity contribution in [1.29, 1.82) is 0 Å². The SMILES string of the molecule is O=S(=O)([O-])OCC=Cc1ccccc1.[NH4+]. The van der Waals surface area contributed by atoms with Crippen molar-refractivity contribution in [3.8, 4) is 0 Å². The van der Waals surface area contributed by atoms with Crippen LogP contribution in [0, 0.1) is 0 Å². The van der Waals surface area contributed by atoms with E-state index in [1.807, 2.05) is 30.3 Å². The van der Waals surface area contributed by atoms with E-state index in [0.29, 0.717) is 0 Å². The zero-order valence-corrected chi connectivity index (χ0v) is 9.11. The average Bonchev–Trinajstić information content (AvgIpc) is 2.13. The summed E-state index contributed by atoms with van der Waals surface area (Å²) in [6.07, 6.45) is 3.13. The maximum absolute atomic E-state index is 10.0. The van der Waals surface area contributed by atoms with E-state index in [9.17, 15) is 13.0 Å². The first-order valence-corrected chi connectivity index (χ1v) is 5.23. The zero-order chi connectivity index (χ0) is 10.4. The quantitative estimate of drug-likeness (QED) is 0.627. The van der Waals surface area contributed by atoms with Gasteiger partial charge in [0.2, 0.25) is 10.4 Å². The smallest absolute Gasteiger partial charge is 0.217 e. The molecule has 0 amide bonds. The van der Waals surface area contributed by atoms with Crippen LogP contribution in [0.1, 0.15) is 5.56 Å². The van der Waals surface area contributed by atoms with Crippen LogP contribution in [-0.2, 0) is 14.6 Å². The predicted molar refractivity (Wildman–Crippen MR) is 57.1 cm³/mol. The van der Waals surface area contributed by atoms with Crippen LogP contribution in [-0.4, -0.2) is 19.6 Å². The molecule has 0 aliphatic rings. The number of hydrogen-bond donors (Lipinski definition) is 1. The van der Waals surface area contributed by atoms with Gasteiger partial charge in [-0.1, -0.05) is 42.5 Å². The molecular formula is C9H13NO4S. The largest absolute Gasteiger partial charge is 0.726 e. The Hall–Kier alpha value is -1.21. The predicted octanol–water partition coefficient (Wildman–Crippen LogP) is 1.55. The van der Waals surface area contributed by atoms with Crippen molar-refractivity contribution in [2.45, 2.75) is 0 Å². The molecule has 0 spiro atoms. The molecule has 0 atom stereocenters. The van der Waals surface area contributed by atoms with E-state index >= 15 is 0 Å². The summed E-state index contributed by atoms with van der Waals surface area (Å²) in [7, 11) is -4.58. The highest BCUT2D eigenvalue weighted by Gasteiger charge is 1.89. The van der Waals surface area contributed by atoms with Crippen molar-refractivity contribution in [1.82, 2.24) is 6.15 Å². The lowest BCUT2D eigenvalue weighted by molar-refractivity contribution is 0.288. The second kappa shape index (κ2) is 6.31. The Labute approximate surface area is 88.9 Å². The molecular weight excluding hydrogens is 218 g/mol. The highest BCUT2D eigenvalue weighted by Crippen LogP contribution is 2.00. The molecule has 0 radical (unpaired) electrons. The van der Waals surface area contributed by atoms with Gasteiger partial charge >= 0.3 is 0 Å². The number of benzene rings is 1. The van der Waals surface area contributed by atoms with E-state index in [1.165, 1.54) is 6.08 Å². The Morgan fingerprint density at radius 2 is 1.87 bits per heavy atom. The molecule has 0 bridgehead atoms. The second-order valence-electron chi connectivity index (χ2n) is 2.51. The van der Waals surface area contributed by atoms with E-state index in [0.717, 1.165) is 5.56 Å². The van der Waals surface area contributed by atoms with Crippen molar-refractivity contribution in [3.63, 3.8) is 0 Å². The third kappa shape index (κ3) is 6.81. The fourth-order valence-electron chi connectivity index (χ4n) is 0.871. The van der Waals surface area contributed by atoms with Gasteiger partial charge in [0, 0.05) is 0 Å². The summed E-state index contributed by atoms with van der Waals surface area (Å²) in [5.74, 6) is 0. The maximum Gasteiger partial charge on any atom is 0.217 e. The highest BCUT2D eigenvalue weighted by molar-refractivity contribution is 7.80. The molecule has 0 aliphatic carbocycles. The minimum atomic E-state index is -4.58. The van der Waals surface area contributed by atoms with Crippen LogP contribution in [0.25, 0.3) is 6.08 Å². The first-order valence-electron chi connectivity index (χ1n) is 3.90. The lowest BCUT2D eigenvalue weighted by Gasteiger charge is -2.03. The van der Waals surface area contributed by atoms with Gasteiger partial charge in [-0.2, -0.15) is 0 Å². The molecule has 4 N–H and O–H groups in total. The Bertz CT molecular complexity index is 399. The van der Waals surface area contributed by atoms with Crippen molar-refractivity contribution in [2.75, 3.05) is 6.61 Å². The Balaban J connectivity index is 0.00000196. The molecule has 0 aliphatic heterocycles. The summed E-state index contributed by atoms with van der Waals surface area (Å²) in [4.78, 5) is 0. The number of rotatable bonds is 4. The van der Waals surface area contributed by atoms with Gasteiger partial charge in [0.25, 0.3) is 0 Å². The van der Waals surface area contributed by atoms with Crippen molar-refractivity contribution < 1.29 is 17.2 Å². The van der Waals surface area contributed by atoms with Crippen molar-refractivity contribution >= 4 is 16.5 Å². The minimum absolute atomic E-state index is 0. The van der Waals surface area contributed by atoms with Gasteiger partial charge in [0.1, 0.15) is 0 Å². The molecule has 0 saturated carbocycles. The second-order valence-corrected chi connectivity index (χ2v) is 3.56. The monoisotopic (exact) mass is 231 g/mol. The molecule has 0 unspecified atom stereocenters. The Kier molecular flexibility index (Phi) is 5.80. The van der Waals surface area contributed by atoms with Gasteiger partial charge in [-0.25, -0.2) is 8.42 Å². The van der Waals surface area contributed by atoms with Crippen molar-refractivity contribution in [3.05, 3.63) is 42.0 Å². The highest BCUT2D eigenvalue weighted by atomic mass is 32.3. The summed E-state index contributed by atoms with van der Waals surface area (Å²) in [6.45, 7) is -0.235. The van der Waals surface area contributed by atoms with Gasteiger partial charge in [-0.05, 0) is 5.56 Å². The Morgan fingerprint density at radius 3 is 2.40 bits per heavy atom. The molecule has 1 rings (SSSR count). The van der Waals surface area contributed by atoms with Crippen molar-refractivity contribution in [2.24, 2.45) is 0 Å². The normalized spacial score (nSPS) is 11.3. The molecule has 0 aromatic heterocycles. The van der Waals surface area contributed by atoms with E-state index in [4.69, 9.17) is 0 Å². The fourth-order valence-corrected chi connectivity index (χ4v) is 1.12. The molecule has 84 valence electrons. The molecule has 5 nitrogen and oxygen atoms in total. The van der Waals surface area contributed by atoms with Crippen LogP contribution in [0.3, 0.4) is 0 Å². The first kappa shape index (κ1) is 13.8. The maximum atomic E-state index is 10.0. The van der Waals surface area contributed by atoms with Crippen LogP contribution in [0.15, 0.2) is 36.4 Å². The van der Waals surface area contributed by atoms with Crippen LogP contribution in [0.5, 0.6) is 0 Å². The summed E-state index contributed by atoms with van der Waals surface area (Å²) >= 11 is 0. The molecule has 6 heteroatoms. The summed E-state index contributed by atoms with van der Waals surface area (Å²) in [5, 5.41) is 0. The van der Waals surface area contributed by atoms with E-state index in [1.54, 1.807) is 6.08 Å². The first-order chi connectivity index (χ1) is 6.58. The molecule has 15 heavy (non-hydrogen) atoms. The van der Waals surface area contributed by atoms with E-state index in [-0.39, 0.29) is 12.8 Å². The standard InChI is InChI=1S/C9H10O4S.H3N/c10-14(11,12)13-8-4-7-9-5-2-1-3-6-9;/h1-7H,8H2,(H,10,11,12);1H3. The molecule has 1 aromatic rings. The van der Waals surface area contributed by atoms with Crippen LogP contribution in [0.2, 0.25) is 0 Å². The average molecular weight is 231 g/mol.